The standard InChI is InChI=1S/C12H13N3O3S/c16-11(17)5-6-13-12(18)14-7-10-15-8-3-1-2-4-9(8)19-10/h1-4H,5-7H2,(H,16,17)(H2,13,14,18). The number of nitrogens with zero attached hydrogens (tertiary/aromatic N) is 1. The van der Waals surface area contributed by atoms with E-state index in [9.17, 15) is 9.59 Å². The fourth-order valence-corrected chi connectivity index (χ4v) is 2.40. The van der Waals surface area contributed by atoms with Gasteiger partial charge < -0.3 is 15.7 Å². The molecule has 1 heterocycles. The third-order valence-corrected chi connectivity index (χ3v) is 3.40. The van der Waals surface area contributed by atoms with Crippen LogP contribution in [0.2, 0.25) is 0 Å². The molecule has 0 spiro atoms. The number of carboxylic acids is 1. The second-order valence-electron chi connectivity index (χ2n) is 3.83. The van der Waals surface area contributed by atoms with Gasteiger partial charge in [-0.3, -0.25) is 4.79 Å². The largest absolute Gasteiger partial charge is 0.481 e. The number of para-hydroxylation sites is 1. The van der Waals surface area contributed by atoms with Crippen LogP contribution >= 0.6 is 11.3 Å². The summed E-state index contributed by atoms with van der Waals surface area (Å²) in [5, 5.41) is 14.4. The molecule has 1 aromatic heterocycles. The molecule has 0 saturated carbocycles. The van der Waals surface area contributed by atoms with Crippen LogP contribution in [0.5, 0.6) is 0 Å². The zero-order valence-electron chi connectivity index (χ0n) is 10.0. The van der Waals surface area contributed by atoms with Crippen molar-refractivity contribution in [2.24, 2.45) is 0 Å². The normalized spacial score (nSPS) is 10.3. The predicted molar refractivity (Wildman–Crippen MR) is 72.1 cm³/mol. The van der Waals surface area contributed by atoms with Crippen LogP contribution in [0.3, 0.4) is 0 Å². The van der Waals surface area contributed by atoms with E-state index in [1.54, 1.807) is 0 Å². The molecule has 100 valence electrons. The molecule has 0 fully saturated rings. The first-order valence-corrected chi connectivity index (χ1v) is 6.55. The van der Waals surface area contributed by atoms with E-state index in [0.717, 1.165) is 15.2 Å². The summed E-state index contributed by atoms with van der Waals surface area (Å²) in [6.07, 6.45) is -0.0887. The molecule has 6 nitrogen and oxygen atoms in total. The molecule has 2 aromatic rings. The number of carbonyl (C=O) groups is 2. The van der Waals surface area contributed by atoms with Crippen molar-refractivity contribution in [1.29, 1.82) is 0 Å². The van der Waals surface area contributed by atoms with Crippen molar-refractivity contribution in [2.45, 2.75) is 13.0 Å². The number of rotatable bonds is 5. The van der Waals surface area contributed by atoms with E-state index in [1.165, 1.54) is 11.3 Å². The number of fused-ring (bicyclic) bond motifs is 1. The second kappa shape index (κ2) is 6.14. The maximum absolute atomic E-state index is 11.4. The number of carbonyl (C=O) groups excluding carboxylic acids is 1. The Morgan fingerprint density at radius 2 is 2.05 bits per heavy atom. The molecule has 0 saturated heterocycles. The van der Waals surface area contributed by atoms with Crippen molar-refractivity contribution >= 4 is 33.6 Å². The quantitative estimate of drug-likeness (QED) is 0.774. The van der Waals surface area contributed by atoms with Crippen LogP contribution in [-0.2, 0) is 11.3 Å². The molecule has 0 aliphatic carbocycles. The van der Waals surface area contributed by atoms with Crippen LogP contribution in [-0.4, -0.2) is 28.6 Å². The smallest absolute Gasteiger partial charge is 0.315 e. The SMILES string of the molecule is O=C(O)CCNC(=O)NCc1nc2ccccc2s1. The Hall–Kier alpha value is -2.15. The number of aromatic nitrogens is 1. The molecule has 0 unspecified atom stereocenters. The van der Waals surface area contributed by atoms with Gasteiger partial charge in [-0.2, -0.15) is 0 Å². The van der Waals surface area contributed by atoms with E-state index in [4.69, 9.17) is 5.11 Å². The molecular weight excluding hydrogens is 266 g/mol. The van der Waals surface area contributed by atoms with Crippen LogP contribution in [0.4, 0.5) is 4.79 Å². The van der Waals surface area contributed by atoms with Gasteiger partial charge in [-0.15, -0.1) is 11.3 Å². The molecule has 7 heteroatoms. The topological polar surface area (TPSA) is 91.3 Å². The highest BCUT2D eigenvalue weighted by atomic mass is 32.1. The summed E-state index contributed by atoms with van der Waals surface area (Å²) < 4.78 is 1.07. The molecule has 0 bridgehead atoms. The van der Waals surface area contributed by atoms with Gasteiger partial charge in [0.2, 0.25) is 0 Å². The number of benzene rings is 1. The molecular formula is C12H13N3O3S. The number of aliphatic carboxylic acids is 1. The molecule has 0 aliphatic rings. The fraction of sp³-hybridized carbons (Fsp3) is 0.250. The highest BCUT2D eigenvalue weighted by Gasteiger charge is 2.05. The molecule has 2 amide bonds. The summed E-state index contributed by atoms with van der Waals surface area (Å²) in [5.74, 6) is -0.938. The van der Waals surface area contributed by atoms with Crippen LogP contribution in [0.25, 0.3) is 10.2 Å². The van der Waals surface area contributed by atoms with Gasteiger partial charge in [0.25, 0.3) is 0 Å². The highest BCUT2D eigenvalue weighted by Crippen LogP contribution is 2.21. The molecule has 1 aromatic carbocycles. The Morgan fingerprint density at radius 1 is 1.26 bits per heavy atom. The number of carboxylic acid groups (broad SMARTS) is 1. The minimum absolute atomic E-state index is 0.0887. The minimum atomic E-state index is -0.938. The summed E-state index contributed by atoms with van der Waals surface area (Å²) >= 11 is 1.52. The lowest BCUT2D eigenvalue weighted by molar-refractivity contribution is -0.136. The fourth-order valence-electron chi connectivity index (χ4n) is 1.50. The number of hydrogen-bond donors (Lipinski definition) is 3. The Kier molecular flexibility index (Phi) is 4.30. The summed E-state index contributed by atoms with van der Waals surface area (Å²) in [4.78, 5) is 26.0. The highest BCUT2D eigenvalue weighted by molar-refractivity contribution is 7.18. The first-order chi connectivity index (χ1) is 9.15. The first-order valence-electron chi connectivity index (χ1n) is 5.73. The van der Waals surface area contributed by atoms with E-state index in [-0.39, 0.29) is 19.0 Å². The maximum atomic E-state index is 11.4. The number of nitrogens with one attached hydrogen (secondary N) is 2. The van der Waals surface area contributed by atoms with Gasteiger partial charge in [-0.1, -0.05) is 12.1 Å². The van der Waals surface area contributed by atoms with E-state index in [2.05, 4.69) is 15.6 Å². The van der Waals surface area contributed by atoms with Crippen molar-refractivity contribution < 1.29 is 14.7 Å². The van der Waals surface area contributed by atoms with E-state index in [0.29, 0.717) is 6.54 Å². The van der Waals surface area contributed by atoms with Crippen molar-refractivity contribution in [1.82, 2.24) is 15.6 Å². The molecule has 3 N–H and O–H groups in total. The summed E-state index contributed by atoms with van der Waals surface area (Å²) in [6.45, 7) is 0.444. The van der Waals surface area contributed by atoms with Crippen molar-refractivity contribution in [3.8, 4) is 0 Å². The Labute approximate surface area is 113 Å². The van der Waals surface area contributed by atoms with Crippen LogP contribution in [0.15, 0.2) is 24.3 Å². The molecule has 19 heavy (non-hydrogen) atoms. The van der Waals surface area contributed by atoms with Gasteiger partial charge in [0.15, 0.2) is 0 Å². The van der Waals surface area contributed by atoms with Gasteiger partial charge >= 0.3 is 12.0 Å². The van der Waals surface area contributed by atoms with Gasteiger partial charge in [0, 0.05) is 6.54 Å². The molecule has 2 rings (SSSR count). The summed E-state index contributed by atoms with van der Waals surface area (Å²) in [5.41, 5.74) is 0.913. The lowest BCUT2D eigenvalue weighted by Gasteiger charge is -2.04. The summed E-state index contributed by atoms with van der Waals surface area (Å²) in [7, 11) is 0. The zero-order valence-corrected chi connectivity index (χ0v) is 10.9. The minimum Gasteiger partial charge on any atom is -0.481 e. The first kappa shape index (κ1) is 13.3. The monoisotopic (exact) mass is 279 g/mol. The number of urea groups is 1. The predicted octanol–water partition coefficient (Wildman–Crippen LogP) is 1.57. The van der Waals surface area contributed by atoms with Crippen LogP contribution in [0.1, 0.15) is 11.4 Å². The molecule has 0 atom stereocenters. The Balaban J connectivity index is 1.81. The van der Waals surface area contributed by atoms with Gasteiger partial charge in [-0.25, -0.2) is 9.78 Å². The van der Waals surface area contributed by atoms with Crippen LogP contribution < -0.4 is 10.6 Å². The zero-order chi connectivity index (χ0) is 13.7. The lowest BCUT2D eigenvalue weighted by Crippen LogP contribution is -2.36. The second-order valence-corrected chi connectivity index (χ2v) is 4.94. The average molecular weight is 279 g/mol. The van der Waals surface area contributed by atoms with Crippen molar-refractivity contribution in [3.63, 3.8) is 0 Å². The van der Waals surface area contributed by atoms with Crippen LogP contribution in [0, 0.1) is 0 Å². The maximum Gasteiger partial charge on any atom is 0.315 e. The van der Waals surface area contributed by atoms with Gasteiger partial charge in [-0.05, 0) is 12.1 Å². The average Bonchev–Trinajstić information content (AvgIpc) is 2.78. The molecule has 0 radical (unpaired) electrons. The molecule has 0 aliphatic heterocycles. The summed E-state index contributed by atoms with van der Waals surface area (Å²) in [6, 6.07) is 7.36. The van der Waals surface area contributed by atoms with E-state index >= 15 is 0 Å². The number of thiazole rings is 1. The van der Waals surface area contributed by atoms with Crippen molar-refractivity contribution in [2.75, 3.05) is 6.54 Å². The van der Waals surface area contributed by atoms with Gasteiger partial charge in [0.1, 0.15) is 5.01 Å². The number of amides is 2. The Morgan fingerprint density at radius 3 is 2.79 bits per heavy atom. The lowest BCUT2D eigenvalue weighted by atomic mass is 10.3. The number of hydrogen-bond acceptors (Lipinski definition) is 4. The Bertz CT molecular complexity index is 564. The van der Waals surface area contributed by atoms with Gasteiger partial charge in [0.05, 0.1) is 23.2 Å². The third kappa shape index (κ3) is 3.92. The van der Waals surface area contributed by atoms with E-state index < -0.39 is 5.97 Å². The van der Waals surface area contributed by atoms with Crippen molar-refractivity contribution in [3.05, 3.63) is 29.3 Å². The van der Waals surface area contributed by atoms with E-state index in [1.807, 2.05) is 24.3 Å². The third-order valence-electron chi connectivity index (χ3n) is 2.36.